The average molecular weight is 396 g/mol. The Labute approximate surface area is 149 Å². The SMILES string of the molecule is N[C@@H](c1ccc(Cl)cc1)C1Nc2cc(C(F)(F)F)cc(C(F)(F)F)c2N1. The molecule has 2 aromatic carbocycles. The van der Waals surface area contributed by atoms with Crippen molar-refractivity contribution in [1.29, 1.82) is 0 Å². The van der Waals surface area contributed by atoms with Crippen LogP contribution in [0.25, 0.3) is 0 Å². The molecule has 0 spiro atoms. The maximum absolute atomic E-state index is 13.2. The molecule has 0 radical (unpaired) electrons. The first kappa shape index (κ1) is 18.7. The van der Waals surface area contributed by atoms with Gasteiger partial charge < -0.3 is 16.4 Å². The first-order valence-corrected chi connectivity index (χ1v) is 7.71. The summed E-state index contributed by atoms with van der Waals surface area (Å²) in [6.45, 7) is 0. The van der Waals surface area contributed by atoms with E-state index < -0.39 is 41.4 Å². The van der Waals surface area contributed by atoms with Gasteiger partial charge in [0, 0.05) is 5.02 Å². The molecule has 3 nitrogen and oxygen atoms in total. The molecule has 1 heterocycles. The van der Waals surface area contributed by atoms with Crippen molar-refractivity contribution in [3.63, 3.8) is 0 Å². The summed E-state index contributed by atoms with van der Waals surface area (Å²) in [5.41, 5.74) is 3.04. The smallest absolute Gasteiger partial charge is 0.362 e. The third-order valence-electron chi connectivity index (χ3n) is 4.00. The average Bonchev–Trinajstić information content (AvgIpc) is 2.96. The van der Waals surface area contributed by atoms with Crippen molar-refractivity contribution in [2.24, 2.45) is 5.73 Å². The zero-order valence-corrected chi connectivity index (χ0v) is 13.6. The van der Waals surface area contributed by atoms with Gasteiger partial charge in [-0.2, -0.15) is 26.3 Å². The van der Waals surface area contributed by atoms with E-state index in [0.717, 1.165) is 0 Å². The highest BCUT2D eigenvalue weighted by Gasteiger charge is 2.42. The zero-order valence-electron chi connectivity index (χ0n) is 12.8. The van der Waals surface area contributed by atoms with Gasteiger partial charge in [-0.05, 0) is 29.8 Å². The molecule has 0 bridgehead atoms. The summed E-state index contributed by atoms with van der Waals surface area (Å²) in [7, 11) is 0. The molecule has 0 fully saturated rings. The maximum Gasteiger partial charge on any atom is 0.418 e. The molecule has 3 rings (SSSR count). The van der Waals surface area contributed by atoms with Crippen LogP contribution < -0.4 is 16.4 Å². The molecule has 26 heavy (non-hydrogen) atoms. The van der Waals surface area contributed by atoms with Crippen LogP contribution >= 0.6 is 11.6 Å². The molecule has 140 valence electrons. The van der Waals surface area contributed by atoms with E-state index in [1.807, 2.05) is 0 Å². The normalized spacial score (nSPS) is 18.1. The quantitative estimate of drug-likeness (QED) is 0.609. The molecule has 1 unspecified atom stereocenters. The number of hydrogen-bond donors (Lipinski definition) is 3. The van der Waals surface area contributed by atoms with E-state index in [0.29, 0.717) is 16.7 Å². The standard InChI is InChI=1S/C16H12ClF6N3/c17-9-3-1-7(2-4-9)12(24)14-25-11-6-8(15(18,19)20)5-10(13(11)26-14)16(21,22)23/h1-6,12,14,25-26H,24H2/t12-,14?/m0/s1. The molecule has 0 aromatic heterocycles. The van der Waals surface area contributed by atoms with Crippen LogP contribution in [0.5, 0.6) is 0 Å². The summed E-state index contributed by atoms with van der Waals surface area (Å²) < 4.78 is 78.5. The third kappa shape index (κ3) is 3.54. The van der Waals surface area contributed by atoms with E-state index in [1.54, 1.807) is 24.3 Å². The van der Waals surface area contributed by atoms with Crippen molar-refractivity contribution >= 4 is 23.0 Å². The van der Waals surface area contributed by atoms with Gasteiger partial charge in [-0.15, -0.1) is 0 Å². The van der Waals surface area contributed by atoms with Crippen LogP contribution in [0.1, 0.15) is 22.7 Å². The fraction of sp³-hybridized carbons (Fsp3) is 0.250. The van der Waals surface area contributed by atoms with Crippen molar-refractivity contribution in [3.8, 4) is 0 Å². The minimum absolute atomic E-state index is 0.0870. The Morgan fingerprint density at radius 3 is 2.08 bits per heavy atom. The topological polar surface area (TPSA) is 50.1 Å². The Bertz CT molecular complexity index is 816. The Kier molecular flexibility index (Phi) is 4.48. The summed E-state index contributed by atoms with van der Waals surface area (Å²) >= 11 is 5.78. The van der Waals surface area contributed by atoms with E-state index in [4.69, 9.17) is 17.3 Å². The van der Waals surface area contributed by atoms with Gasteiger partial charge in [-0.1, -0.05) is 23.7 Å². The highest BCUT2D eigenvalue weighted by molar-refractivity contribution is 6.30. The number of nitrogens with one attached hydrogen (secondary N) is 2. The van der Waals surface area contributed by atoms with Crippen molar-refractivity contribution in [2.75, 3.05) is 10.6 Å². The first-order chi connectivity index (χ1) is 12.0. The van der Waals surface area contributed by atoms with Gasteiger partial charge >= 0.3 is 12.4 Å². The third-order valence-corrected chi connectivity index (χ3v) is 4.25. The minimum Gasteiger partial charge on any atom is -0.362 e. The van der Waals surface area contributed by atoms with Gasteiger partial charge in [0.05, 0.1) is 28.5 Å². The van der Waals surface area contributed by atoms with Crippen molar-refractivity contribution in [1.82, 2.24) is 0 Å². The molecular formula is C16H12ClF6N3. The van der Waals surface area contributed by atoms with Crippen LogP contribution in [0.2, 0.25) is 5.02 Å². The number of hydrogen-bond acceptors (Lipinski definition) is 3. The molecule has 2 aromatic rings. The molecular weight excluding hydrogens is 384 g/mol. The lowest BCUT2D eigenvalue weighted by Gasteiger charge is -2.21. The monoisotopic (exact) mass is 395 g/mol. The molecule has 4 N–H and O–H groups in total. The van der Waals surface area contributed by atoms with Gasteiger partial charge in [-0.25, -0.2) is 0 Å². The highest BCUT2D eigenvalue weighted by atomic mass is 35.5. The molecule has 0 amide bonds. The van der Waals surface area contributed by atoms with E-state index in [1.165, 1.54) is 0 Å². The van der Waals surface area contributed by atoms with E-state index in [2.05, 4.69) is 10.6 Å². The molecule has 1 aliphatic heterocycles. The van der Waals surface area contributed by atoms with Crippen LogP contribution in [0.4, 0.5) is 37.7 Å². The molecule has 1 aliphatic rings. The number of anilines is 2. The Hall–Kier alpha value is -2.13. The van der Waals surface area contributed by atoms with Crippen molar-refractivity contribution in [2.45, 2.75) is 24.6 Å². The Balaban J connectivity index is 1.98. The van der Waals surface area contributed by atoms with E-state index in [-0.39, 0.29) is 11.8 Å². The lowest BCUT2D eigenvalue weighted by Crippen LogP contribution is -2.35. The molecule has 10 heteroatoms. The van der Waals surface area contributed by atoms with Crippen LogP contribution in [-0.2, 0) is 12.4 Å². The van der Waals surface area contributed by atoms with E-state index >= 15 is 0 Å². The molecule has 0 saturated carbocycles. The summed E-state index contributed by atoms with van der Waals surface area (Å²) in [6.07, 6.45) is -10.8. The number of benzene rings is 2. The first-order valence-electron chi connectivity index (χ1n) is 7.33. The number of nitrogens with two attached hydrogens (primary N) is 1. The van der Waals surface area contributed by atoms with Crippen LogP contribution in [-0.4, -0.2) is 6.17 Å². The Morgan fingerprint density at radius 1 is 0.923 bits per heavy atom. The van der Waals surface area contributed by atoms with Gasteiger partial charge in [0.1, 0.15) is 6.17 Å². The summed E-state index contributed by atoms with van der Waals surface area (Å²) in [5, 5.41) is 5.60. The van der Waals surface area contributed by atoms with Crippen LogP contribution in [0.15, 0.2) is 36.4 Å². The van der Waals surface area contributed by atoms with Crippen molar-refractivity contribution < 1.29 is 26.3 Å². The van der Waals surface area contributed by atoms with Gasteiger partial charge in [0.25, 0.3) is 0 Å². The summed E-state index contributed by atoms with van der Waals surface area (Å²) in [5.74, 6) is 0. The fourth-order valence-corrected chi connectivity index (χ4v) is 2.84. The zero-order chi connectivity index (χ0) is 19.3. The second-order valence-electron chi connectivity index (χ2n) is 5.79. The number of halogens is 7. The predicted octanol–water partition coefficient (Wildman–Crippen LogP) is 5.24. The Morgan fingerprint density at radius 2 is 1.54 bits per heavy atom. The lowest BCUT2D eigenvalue weighted by molar-refractivity contribution is -0.142. The number of fused-ring (bicyclic) bond motifs is 1. The maximum atomic E-state index is 13.2. The lowest BCUT2D eigenvalue weighted by atomic mass is 10.1. The minimum atomic E-state index is -4.96. The molecule has 0 aliphatic carbocycles. The highest BCUT2D eigenvalue weighted by Crippen LogP contribution is 2.46. The number of rotatable bonds is 2. The van der Waals surface area contributed by atoms with Crippen LogP contribution in [0.3, 0.4) is 0 Å². The van der Waals surface area contributed by atoms with Gasteiger partial charge in [0.15, 0.2) is 0 Å². The number of alkyl halides is 6. The van der Waals surface area contributed by atoms with Gasteiger partial charge in [0.2, 0.25) is 0 Å². The second-order valence-corrected chi connectivity index (χ2v) is 6.22. The van der Waals surface area contributed by atoms with Gasteiger partial charge in [-0.3, -0.25) is 0 Å². The summed E-state index contributed by atoms with van der Waals surface area (Å²) in [4.78, 5) is 0. The summed E-state index contributed by atoms with van der Waals surface area (Å²) in [6, 6.07) is 6.19. The van der Waals surface area contributed by atoms with Crippen molar-refractivity contribution in [3.05, 3.63) is 58.1 Å². The largest absolute Gasteiger partial charge is 0.418 e. The second kappa shape index (κ2) is 6.24. The molecule has 0 saturated heterocycles. The van der Waals surface area contributed by atoms with E-state index in [9.17, 15) is 26.3 Å². The predicted molar refractivity (Wildman–Crippen MR) is 85.9 cm³/mol. The van der Waals surface area contributed by atoms with Crippen LogP contribution in [0, 0.1) is 0 Å². The molecule has 2 atom stereocenters. The fourth-order valence-electron chi connectivity index (χ4n) is 2.71.